The number of hydrogen-bond donors (Lipinski definition) is 2. The smallest absolute Gasteiger partial charge is 0.317 e. The average Bonchev–Trinajstić information content (AvgIpc) is 3.41. The van der Waals surface area contributed by atoms with Crippen molar-refractivity contribution in [3.63, 3.8) is 0 Å². The van der Waals surface area contributed by atoms with Gasteiger partial charge in [0.25, 0.3) is 0 Å². The van der Waals surface area contributed by atoms with Crippen LogP contribution in [-0.2, 0) is 0 Å². The van der Waals surface area contributed by atoms with Crippen LogP contribution in [0.25, 0.3) is 11.6 Å². The summed E-state index contributed by atoms with van der Waals surface area (Å²) in [5, 5.41) is 6.92. The highest BCUT2D eigenvalue weighted by atomic mass is 16.7. The number of fused-ring (bicyclic) bond motifs is 8. The van der Waals surface area contributed by atoms with Gasteiger partial charge in [-0.3, -0.25) is 0 Å². The molecule has 216 valence electrons. The summed E-state index contributed by atoms with van der Waals surface area (Å²) in [4.78, 5) is 15.3. The van der Waals surface area contributed by atoms with E-state index in [1.807, 2.05) is 4.90 Å². The van der Waals surface area contributed by atoms with Gasteiger partial charge >= 0.3 is 6.03 Å². The van der Waals surface area contributed by atoms with Crippen LogP contribution < -0.4 is 20.1 Å². The first-order valence-electron chi connectivity index (χ1n) is 15.5. The third kappa shape index (κ3) is 3.41. The minimum atomic E-state index is -0.178. The molecule has 0 bridgehead atoms. The van der Waals surface area contributed by atoms with Crippen molar-refractivity contribution in [2.45, 2.75) is 85.6 Å². The lowest BCUT2D eigenvalue weighted by Gasteiger charge is -2.70. The molecule has 1 aromatic rings. The van der Waals surface area contributed by atoms with E-state index in [4.69, 9.17) is 9.47 Å². The van der Waals surface area contributed by atoms with Crippen molar-refractivity contribution in [2.75, 3.05) is 33.0 Å². The molecule has 3 fully saturated rings. The first kappa shape index (κ1) is 26.4. The SMILES string of the molecule is Cc1c2c(cc3c1OCO3)C1=CC[C@@]3(C)[C@@H]4C[C@](C)(NC(=O)N5CCNCC5)CC[C@]4(C)CC[C@]3(C)[C@]1(C)C=C2. The molecule has 0 aromatic heterocycles. The normalized spacial score (nSPS) is 41.3. The number of carbonyl (C=O) groups is 1. The van der Waals surface area contributed by atoms with Gasteiger partial charge in [0.2, 0.25) is 6.79 Å². The molecule has 4 aliphatic carbocycles. The monoisotopic (exact) mass is 545 g/mol. The summed E-state index contributed by atoms with van der Waals surface area (Å²) >= 11 is 0. The summed E-state index contributed by atoms with van der Waals surface area (Å²) in [6.07, 6.45) is 14.3. The van der Waals surface area contributed by atoms with Crippen molar-refractivity contribution in [3.05, 3.63) is 34.9 Å². The van der Waals surface area contributed by atoms with Crippen LogP contribution in [-0.4, -0.2) is 49.4 Å². The van der Waals surface area contributed by atoms with Crippen LogP contribution in [0, 0.1) is 34.5 Å². The Kier molecular flexibility index (Phi) is 5.64. The number of carbonyl (C=O) groups excluding carboxylic acids is 1. The average molecular weight is 546 g/mol. The molecular formula is C34H47N3O3. The van der Waals surface area contributed by atoms with E-state index >= 15 is 0 Å². The number of allylic oxidation sites excluding steroid dienone is 3. The second-order valence-electron chi connectivity index (χ2n) is 14.9. The largest absolute Gasteiger partial charge is 0.454 e. The molecule has 2 aliphatic heterocycles. The van der Waals surface area contributed by atoms with Gasteiger partial charge in [-0.1, -0.05) is 45.9 Å². The molecule has 6 nitrogen and oxygen atoms in total. The standard InChI is InChI=1S/C34H47N3O3/c1-22-23-7-9-32(4)25(24(23)19-26-28(22)40-21-39-26)8-10-33(5)27-20-31(3,36-29(38)37-17-15-35-16-18-37)13-11-30(27,2)12-14-34(32,33)6/h7-9,19,27,35H,10-18,20-21H2,1-6H3,(H,36,38)/t27-,30-,31-,32-,33+,34-/m1/s1. The van der Waals surface area contributed by atoms with E-state index in [-0.39, 0.29) is 27.8 Å². The van der Waals surface area contributed by atoms with Crippen molar-refractivity contribution in [3.8, 4) is 11.5 Å². The molecule has 6 atom stereocenters. The summed E-state index contributed by atoms with van der Waals surface area (Å²) in [6, 6.07) is 2.36. The van der Waals surface area contributed by atoms with Gasteiger partial charge in [-0.05, 0) is 97.3 Å². The molecule has 1 aromatic carbocycles. The van der Waals surface area contributed by atoms with Crippen molar-refractivity contribution in [1.82, 2.24) is 15.5 Å². The number of ether oxygens (including phenoxy) is 2. The summed E-state index contributed by atoms with van der Waals surface area (Å²) < 4.78 is 11.7. The number of urea groups is 1. The van der Waals surface area contributed by atoms with Gasteiger partial charge in [0, 0.05) is 42.7 Å². The lowest BCUT2D eigenvalue weighted by Crippen LogP contribution is -2.66. The Hall–Kier alpha value is -2.47. The molecule has 2 heterocycles. The van der Waals surface area contributed by atoms with E-state index in [2.05, 4.69) is 76.5 Å². The quantitative estimate of drug-likeness (QED) is 0.421. The zero-order chi connectivity index (χ0) is 28.1. The number of nitrogens with one attached hydrogen (secondary N) is 2. The number of amides is 2. The lowest BCUT2D eigenvalue weighted by atomic mass is 9.34. The fraction of sp³-hybridized carbons (Fsp3) is 0.676. The van der Waals surface area contributed by atoms with Crippen LogP contribution in [0.2, 0.25) is 0 Å². The van der Waals surface area contributed by atoms with Crippen molar-refractivity contribution >= 4 is 17.7 Å². The fourth-order valence-electron chi connectivity index (χ4n) is 9.97. The zero-order valence-electron chi connectivity index (χ0n) is 25.3. The molecule has 6 aliphatic rings. The van der Waals surface area contributed by atoms with Crippen LogP contribution >= 0.6 is 0 Å². The Labute approximate surface area is 239 Å². The maximum Gasteiger partial charge on any atom is 0.317 e. The number of hydrogen-bond acceptors (Lipinski definition) is 4. The minimum Gasteiger partial charge on any atom is -0.454 e. The Morgan fingerprint density at radius 1 is 1.05 bits per heavy atom. The minimum absolute atomic E-state index is 0.0770. The Bertz CT molecular complexity index is 1330. The second-order valence-corrected chi connectivity index (χ2v) is 14.9. The van der Waals surface area contributed by atoms with E-state index in [0.717, 1.165) is 56.9 Å². The molecule has 6 heteroatoms. The van der Waals surface area contributed by atoms with E-state index in [1.54, 1.807) is 0 Å². The van der Waals surface area contributed by atoms with E-state index < -0.39 is 0 Å². The summed E-state index contributed by atoms with van der Waals surface area (Å²) in [7, 11) is 0. The lowest BCUT2D eigenvalue weighted by molar-refractivity contribution is -0.171. The fourth-order valence-corrected chi connectivity index (χ4v) is 9.97. The molecule has 40 heavy (non-hydrogen) atoms. The van der Waals surface area contributed by atoms with Crippen LogP contribution in [0.15, 0.2) is 18.2 Å². The Morgan fingerprint density at radius 3 is 2.58 bits per heavy atom. The highest BCUT2D eigenvalue weighted by Crippen LogP contribution is 2.75. The van der Waals surface area contributed by atoms with Gasteiger partial charge in [-0.15, -0.1) is 0 Å². The predicted octanol–water partition coefficient (Wildman–Crippen LogP) is 6.53. The maximum absolute atomic E-state index is 13.4. The van der Waals surface area contributed by atoms with Gasteiger partial charge in [0.05, 0.1) is 0 Å². The van der Waals surface area contributed by atoms with Gasteiger partial charge < -0.3 is 25.0 Å². The topological polar surface area (TPSA) is 62.8 Å². The third-order valence-electron chi connectivity index (χ3n) is 13.0. The van der Waals surface area contributed by atoms with Crippen LogP contribution in [0.1, 0.15) is 89.8 Å². The van der Waals surface area contributed by atoms with E-state index in [9.17, 15) is 4.79 Å². The van der Waals surface area contributed by atoms with Crippen molar-refractivity contribution in [1.29, 1.82) is 0 Å². The molecular weight excluding hydrogens is 498 g/mol. The predicted molar refractivity (Wildman–Crippen MR) is 159 cm³/mol. The number of nitrogens with zero attached hydrogens (tertiary/aromatic N) is 1. The number of rotatable bonds is 1. The Morgan fingerprint density at radius 2 is 1.80 bits per heavy atom. The molecule has 1 saturated heterocycles. The highest BCUT2D eigenvalue weighted by molar-refractivity contribution is 5.88. The third-order valence-corrected chi connectivity index (χ3v) is 13.0. The van der Waals surface area contributed by atoms with Gasteiger partial charge in [-0.2, -0.15) is 0 Å². The molecule has 0 radical (unpaired) electrons. The van der Waals surface area contributed by atoms with Crippen LogP contribution in [0.4, 0.5) is 4.79 Å². The molecule has 7 rings (SSSR count). The van der Waals surface area contributed by atoms with E-state index in [1.165, 1.54) is 41.5 Å². The zero-order valence-corrected chi connectivity index (χ0v) is 25.3. The van der Waals surface area contributed by atoms with Crippen molar-refractivity contribution < 1.29 is 14.3 Å². The molecule has 2 N–H and O–H groups in total. The highest BCUT2D eigenvalue weighted by Gasteiger charge is 2.67. The summed E-state index contributed by atoms with van der Waals surface area (Å²) in [5.74, 6) is 2.31. The van der Waals surface area contributed by atoms with Gasteiger partial charge in [-0.25, -0.2) is 4.79 Å². The number of benzene rings is 1. The molecule has 2 saturated carbocycles. The van der Waals surface area contributed by atoms with Crippen molar-refractivity contribution in [2.24, 2.45) is 27.6 Å². The maximum atomic E-state index is 13.4. The van der Waals surface area contributed by atoms with E-state index in [0.29, 0.717) is 18.1 Å². The van der Waals surface area contributed by atoms with Gasteiger partial charge in [0.1, 0.15) is 0 Å². The summed E-state index contributed by atoms with van der Waals surface area (Å²) in [6.45, 7) is 18.3. The molecule has 2 amide bonds. The first-order chi connectivity index (χ1) is 18.9. The second kappa shape index (κ2) is 8.53. The van der Waals surface area contributed by atoms with Crippen LogP contribution in [0.3, 0.4) is 0 Å². The van der Waals surface area contributed by atoms with Crippen LogP contribution in [0.5, 0.6) is 11.5 Å². The summed E-state index contributed by atoms with van der Waals surface area (Å²) in [5.41, 5.74) is 5.49. The first-order valence-corrected chi connectivity index (χ1v) is 15.5. The van der Waals surface area contributed by atoms with Gasteiger partial charge in [0.15, 0.2) is 11.5 Å². The Balaban J connectivity index is 1.25. The molecule has 0 spiro atoms. The molecule has 0 unspecified atom stereocenters. The number of piperazine rings is 1.